The molecule has 0 amide bonds. The molecule has 4 rings (SSSR count). The number of hydrogen-bond donors (Lipinski definition) is 0. The minimum Gasteiger partial charge on any atom is -0.494 e. The number of fused-ring (bicyclic) bond motifs is 1. The second-order valence-electron chi connectivity index (χ2n) is 7.29. The molecule has 3 aromatic rings. The number of carbonyl (C=O) groups excluding carboxylic acids is 1. The summed E-state index contributed by atoms with van der Waals surface area (Å²) in [5, 5.41) is 0. The molecular weight excluding hydrogens is 388 g/mol. The third kappa shape index (κ3) is 4.53. The van der Waals surface area contributed by atoms with E-state index in [1.54, 1.807) is 18.2 Å². The van der Waals surface area contributed by atoms with Crippen molar-refractivity contribution in [1.82, 2.24) is 0 Å². The van der Waals surface area contributed by atoms with Gasteiger partial charge in [0.1, 0.15) is 23.9 Å². The van der Waals surface area contributed by atoms with E-state index < -0.39 is 0 Å². The predicted octanol–water partition coefficient (Wildman–Crippen LogP) is 6.23. The minimum absolute atomic E-state index is 0.118. The molecule has 0 aliphatic carbocycles. The van der Waals surface area contributed by atoms with Gasteiger partial charge >= 0.3 is 0 Å². The molecule has 31 heavy (non-hydrogen) atoms. The lowest BCUT2D eigenvalue weighted by molar-refractivity contribution is 0.101. The Morgan fingerprint density at radius 2 is 1.65 bits per heavy atom. The summed E-state index contributed by atoms with van der Waals surface area (Å²) in [5.74, 6) is 2.18. The summed E-state index contributed by atoms with van der Waals surface area (Å²) < 4.78 is 17.3. The fourth-order valence-corrected chi connectivity index (χ4v) is 3.46. The normalized spacial score (nSPS) is 13.6. The average Bonchev–Trinajstić information content (AvgIpc) is 3.09. The molecule has 0 aromatic heterocycles. The van der Waals surface area contributed by atoms with Crippen LogP contribution >= 0.6 is 0 Å². The number of carbonyl (C=O) groups is 1. The third-order valence-corrected chi connectivity index (χ3v) is 5.05. The average molecular weight is 412 g/mol. The van der Waals surface area contributed by atoms with Gasteiger partial charge in [-0.25, -0.2) is 0 Å². The Hall–Kier alpha value is -3.79. The smallest absolute Gasteiger partial charge is 0.232 e. The van der Waals surface area contributed by atoms with E-state index in [0.29, 0.717) is 36.0 Å². The van der Waals surface area contributed by atoms with Crippen LogP contribution in [-0.2, 0) is 6.61 Å². The molecule has 0 radical (unpaired) electrons. The molecule has 0 saturated heterocycles. The number of allylic oxidation sites excluding steroid dienone is 1. The van der Waals surface area contributed by atoms with Gasteiger partial charge in [-0.2, -0.15) is 0 Å². The van der Waals surface area contributed by atoms with Gasteiger partial charge in [-0.1, -0.05) is 49.1 Å². The molecule has 1 aliphatic rings. The van der Waals surface area contributed by atoms with Crippen molar-refractivity contribution in [1.29, 1.82) is 0 Å². The van der Waals surface area contributed by atoms with Crippen LogP contribution in [0.1, 0.15) is 39.5 Å². The highest BCUT2D eigenvalue weighted by Crippen LogP contribution is 2.37. The van der Waals surface area contributed by atoms with Crippen molar-refractivity contribution in [2.75, 3.05) is 6.61 Å². The summed E-state index contributed by atoms with van der Waals surface area (Å²) >= 11 is 0. The van der Waals surface area contributed by atoms with E-state index in [-0.39, 0.29) is 5.78 Å². The number of Topliss-reactive ketones (excluding diaryl/α,β-unsaturated/α-hetero) is 1. The predicted molar refractivity (Wildman–Crippen MR) is 123 cm³/mol. The molecule has 1 heterocycles. The first kappa shape index (κ1) is 20.5. The van der Waals surface area contributed by atoms with Crippen molar-refractivity contribution in [2.45, 2.75) is 20.5 Å². The molecule has 0 saturated carbocycles. The van der Waals surface area contributed by atoms with E-state index in [0.717, 1.165) is 28.0 Å². The van der Waals surface area contributed by atoms with Crippen LogP contribution in [0.2, 0.25) is 0 Å². The molecular formula is C27H24O4. The Balaban J connectivity index is 1.50. The van der Waals surface area contributed by atoms with E-state index in [4.69, 9.17) is 14.2 Å². The van der Waals surface area contributed by atoms with Crippen LogP contribution in [0.15, 0.2) is 73.0 Å². The standard InChI is InChI=1S/C27H24O4/c1-4-19-6-8-21(9-7-19)17-30-23-14-18(3)26-24(16-23)31-25(27(26)28)15-20-10-12-22(13-11-20)29-5-2/h4,6-16H,1,5,17H2,2-3H3/b25-15-. The Kier molecular flexibility index (Phi) is 5.89. The molecule has 0 unspecified atom stereocenters. The maximum atomic E-state index is 12.9. The molecule has 0 atom stereocenters. The Morgan fingerprint density at radius 1 is 0.935 bits per heavy atom. The zero-order valence-corrected chi connectivity index (χ0v) is 17.7. The second-order valence-corrected chi connectivity index (χ2v) is 7.29. The van der Waals surface area contributed by atoms with Gasteiger partial charge in [0.25, 0.3) is 0 Å². The Morgan fingerprint density at radius 3 is 2.32 bits per heavy atom. The van der Waals surface area contributed by atoms with Gasteiger partial charge in [-0.15, -0.1) is 0 Å². The molecule has 4 nitrogen and oxygen atoms in total. The lowest BCUT2D eigenvalue weighted by atomic mass is 10.0. The molecule has 4 heteroatoms. The summed E-state index contributed by atoms with van der Waals surface area (Å²) in [6.45, 7) is 8.64. The van der Waals surface area contributed by atoms with E-state index in [1.165, 1.54) is 0 Å². The van der Waals surface area contributed by atoms with E-state index in [2.05, 4.69) is 6.58 Å². The molecule has 3 aromatic carbocycles. The topological polar surface area (TPSA) is 44.8 Å². The Bertz CT molecular complexity index is 1140. The maximum absolute atomic E-state index is 12.9. The van der Waals surface area contributed by atoms with E-state index in [9.17, 15) is 4.79 Å². The first-order valence-corrected chi connectivity index (χ1v) is 10.2. The number of ether oxygens (including phenoxy) is 3. The number of rotatable bonds is 7. The molecule has 0 N–H and O–H groups in total. The minimum atomic E-state index is -0.118. The SMILES string of the molecule is C=Cc1ccc(COc2cc(C)c3c(c2)O/C(=C\c2ccc(OCC)cc2)C3=O)cc1. The van der Waals surface area contributed by atoms with Gasteiger partial charge < -0.3 is 14.2 Å². The highest BCUT2D eigenvalue weighted by Gasteiger charge is 2.30. The first-order chi connectivity index (χ1) is 15.1. The van der Waals surface area contributed by atoms with Crippen molar-refractivity contribution < 1.29 is 19.0 Å². The van der Waals surface area contributed by atoms with Crippen molar-refractivity contribution in [2.24, 2.45) is 0 Å². The highest BCUT2D eigenvalue weighted by atomic mass is 16.5. The van der Waals surface area contributed by atoms with Crippen LogP contribution in [0.3, 0.4) is 0 Å². The van der Waals surface area contributed by atoms with Crippen LogP contribution in [0.4, 0.5) is 0 Å². The largest absolute Gasteiger partial charge is 0.494 e. The lowest BCUT2D eigenvalue weighted by Gasteiger charge is -2.09. The van der Waals surface area contributed by atoms with Crippen molar-refractivity contribution in [3.8, 4) is 17.2 Å². The quantitative estimate of drug-likeness (QED) is 0.431. The highest BCUT2D eigenvalue weighted by molar-refractivity contribution is 6.15. The molecule has 1 aliphatic heterocycles. The monoisotopic (exact) mass is 412 g/mol. The molecule has 156 valence electrons. The van der Waals surface area contributed by atoms with Gasteiger partial charge in [-0.3, -0.25) is 4.79 Å². The van der Waals surface area contributed by atoms with Crippen LogP contribution in [-0.4, -0.2) is 12.4 Å². The molecule has 0 bridgehead atoms. The number of aryl methyl sites for hydroxylation is 1. The zero-order valence-electron chi connectivity index (χ0n) is 17.7. The lowest BCUT2D eigenvalue weighted by Crippen LogP contribution is -2.00. The van der Waals surface area contributed by atoms with E-state index >= 15 is 0 Å². The molecule has 0 fully saturated rings. The molecule has 0 spiro atoms. The van der Waals surface area contributed by atoms with Crippen molar-refractivity contribution in [3.05, 3.63) is 101 Å². The van der Waals surface area contributed by atoms with Gasteiger partial charge in [-0.05, 0) is 60.4 Å². The zero-order chi connectivity index (χ0) is 21.8. The van der Waals surface area contributed by atoms with Gasteiger partial charge in [0.15, 0.2) is 5.76 Å². The summed E-state index contributed by atoms with van der Waals surface area (Å²) in [6, 6.07) is 19.2. The van der Waals surface area contributed by atoms with Crippen molar-refractivity contribution in [3.63, 3.8) is 0 Å². The van der Waals surface area contributed by atoms with Gasteiger partial charge in [0.05, 0.1) is 12.2 Å². The fraction of sp³-hybridized carbons (Fsp3) is 0.148. The summed E-state index contributed by atoms with van der Waals surface area (Å²) in [4.78, 5) is 12.9. The van der Waals surface area contributed by atoms with Crippen molar-refractivity contribution >= 4 is 17.9 Å². The van der Waals surface area contributed by atoms with Gasteiger partial charge in [0.2, 0.25) is 5.78 Å². The van der Waals surface area contributed by atoms with E-state index in [1.807, 2.05) is 68.4 Å². The second kappa shape index (κ2) is 8.92. The summed E-state index contributed by atoms with van der Waals surface area (Å²) in [7, 11) is 0. The maximum Gasteiger partial charge on any atom is 0.232 e. The first-order valence-electron chi connectivity index (χ1n) is 10.2. The number of hydrogen-bond acceptors (Lipinski definition) is 4. The Labute approximate surface area is 182 Å². The van der Waals surface area contributed by atoms with Crippen LogP contribution in [0, 0.1) is 6.92 Å². The fourth-order valence-electron chi connectivity index (χ4n) is 3.46. The third-order valence-electron chi connectivity index (χ3n) is 5.05. The summed E-state index contributed by atoms with van der Waals surface area (Å²) in [5.41, 5.74) is 4.40. The number of benzene rings is 3. The van der Waals surface area contributed by atoms with Crippen LogP contribution in [0.5, 0.6) is 17.2 Å². The number of ketones is 1. The van der Waals surface area contributed by atoms with Gasteiger partial charge in [0, 0.05) is 6.07 Å². The summed E-state index contributed by atoms with van der Waals surface area (Å²) in [6.07, 6.45) is 3.56. The van der Waals surface area contributed by atoms with Crippen LogP contribution < -0.4 is 14.2 Å². The van der Waals surface area contributed by atoms with Crippen LogP contribution in [0.25, 0.3) is 12.2 Å².